The van der Waals surface area contributed by atoms with E-state index in [9.17, 15) is 5.11 Å². The van der Waals surface area contributed by atoms with Gasteiger partial charge in [0.15, 0.2) is 0 Å². The number of para-hydroxylation sites is 2. The van der Waals surface area contributed by atoms with Crippen molar-refractivity contribution in [2.24, 2.45) is 0 Å². The monoisotopic (exact) mass is 414 g/mol. The Labute approximate surface area is 160 Å². The lowest BCUT2D eigenvalue weighted by Crippen LogP contribution is -2.46. The van der Waals surface area contributed by atoms with Crippen molar-refractivity contribution in [2.75, 3.05) is 31.1 Å². The van der Waals surface area contributed by atoms with E-state index in [1.54, 1.807) is 6.07 Å². The van der Waals surface area contributed by atoms with E-state index in [-0.39, 0.29) is 0 Å². The Morgan fingerprint density at radius 3 is 2.62 bits per heavy atom. The zero-order valence-corrected chi connectivity index (χ0v) is 15.8. The summed E-state index contributed by atoms with van der Waals surface area (Å²) in [6.45, 7) is 4.09. The Morgan fingerprint density at radius 1 is 1.04 bits per heavy atom. The average molecular weight is 415 g/mol. The molecule has 134 valence electrons. The van der Waals surface area contributed by atoms with Crippen molar-refractivity contribution in [3.63, 3.8) is 0 Å². The van der Waals surface area contributed by atoms with Crippen molar-refractivity contribution >= 4 is 21.6 Å². The molecule has 0 radical (unpaired) electrons. The predicted molar refractivity (Wildman–Crippen MR) is 103 cm³/mol. The van der Waals surface area contributed by atoms with Gasteiger partial charge >= 0.3 is 0 Å². The van der Waals surface area contributed by atoms with Crippen LogP contribution in [0.25, 0.3) is 11.4 Å². The number of anilines is 1. The number of phenolic OH excluding ortho intramolecular Hbond substituents is 1. The van der Waals surface area contributed by atoms with Crippen molar-refractivity contribution in [1.82, 2.24) is 15.0 Å². The van der Waals surface area contributed by atoms with Crippen molar-refractivity contribution in [2.45, 2.75) is 6.54 Å². The highest BCUT2D eigenvalue weighted by Crippen LogP contribution is 2.27. The van der Waals surface area contributed by atoms with Gasteiger partial charge in [0.2, 0.25) is 11.7 Å². The number of hydrogen-bond acceptors (Lipinski definition) is 6. The Morgan fingerprint density at radius 2 is 1.85 bits per heavy atom. The first-order chi connectivity index (χ1) is 12.7. The maximum Gasteiger partial charge on any atom is 0.241 e. The minimum Gasteiger partial charge on any atom is -0.506 e. The summed E-state index contributed by atoms with van der Waals surface area (Å²) < 4.78 is 6.41. The minimum absolute atomic E-state index is 0.330. The Bertz CT molecular complexity index is 891. The number of benzene rings is 2. The maximum absolute atomic E-state index is 10.0. The molecule has 1 saturated heterocycles. The van der Waals surface area contributed by atoms with Gasteiger partial charge in [-0.15, -0.1) is 0 Å². The van der Waals surface area contributed by atoms with E-state index in [0.717, 1.165) is 41.9 Å². The highest BCUT2D eigenvalue weighted by Gasteiger charge is 2.21. The molecule has 0 amide bonds. The Balaban J connectivity index is 1.37. The van der Waals surface area contributed by atoms with Gasteiger partial charge in [0.05, 0.1) is 12.2 Å². The van der Waals surface area contributed by atoms with E-state index in [4.69, 9.17) is 4.52 Å². The standard InChI is InChI=1S/C19H19BrN4O2/c20-15-5-3-4-14(12-15)19-21-18(26-22-19)13-23-8-10-24(11-9-23)16-6-1-2-7-17(16)25/h1-7,12,25H,8-11,13H2. The number of piperazine rings is 1. The molecule has 0 saturated carbocycles. The summed E-state index contributed by atoms with van der Waals surface area (Å²) in [5.74, 6) is 1.56. The molecule has 0 spiro atoms. The van der Waals surface area contributed by atoms with Gasteiger partial charge in [-0.3, -0.25) is 4.90 Å². The molecule has 6 nitrogen and oxygen atoms in total. The number of halogens is 1. The normalized spacial score (nSPS) is 15.3. The van der Waals surface area contributed by atoms with Gasteiger partial charge in [-0.1, -0.05) is 45.4 Å². The van der Waals surface area contributed by atoms with Gasteiger partial charge < -0.3 is 14.5 Å². The summed E-state index contributed by atoms with van der Waals surface area (Å²) in [5.41, 5.74) is 1.82. The lowest BCUT2D eigenvalue weighted by Gasteiger charge is -2.35. The molecule has 1 fully saturated rings. The first-order valence-corrected chi connectivity index (χ1v) is 9.32. The van der Waals surface area contributed by atoms with Crippen molar-refractivity contribution in [1.29, 1.82) is 0 Å². The first kappa shape index (κ1) is 17.1. The van der Waals surface area contributed by atoms with Gasteiger partial charge in [0.1, 0.15) is 5.75 Å². The Kier molecular flexibility index (Phi) is 4.90. The molecule has 4 rings (SSSR count). The fraction of sp³-hybridized carbons (Fsp3) is 0.263. The van der Waals surface area contributed by atoms with Crippen LogP contribution in [0.3, 0.4) is 0 Å². The third-order valence-electron chi connectivity index (χ3n) is 4.50. The molecule has 7 heteroatoms. The highest BCUT2D eigenvalue weighted by molar-refractivity contribution is 9.10. The number of rotatable bonds is 4. The predicted octanol–water partition coefficient (Wildman–Crippen LogP) is 3.53. The zero-order valence-electron chi connectivity index (χ0n) is 14.2. The summed E-state index contributed by atoms with van der Waals surface area (Å²) in [6.07, 6.45) is 0. The van der Waals surface area contributed by atoms with Crippen molar-refractivity contribution in [3.05, 3.63) is 58.9 Å². The molecule has 1 N–H and O–H groups in total. The van der Waals surface area contributed by atoms with Crippen LogP contribution in [0.5, 0.6) is 5.75 Å². The average Bonchev–Trinajstić information content (AvgIpc) is 3.12. The van der Waals surface area contributed by atoms with E-state index in [2.05, 4.69) is 35.9 Å². The molecule has 1 aliphatic rings. The summed E-state index contributed by atoms with van der Waals surface area (Å²) in [5, 5.41) is 14.1. The molecule has 2 aromatic carbocycles. The second kappa shape index (κ2) is 7.47. The summed E-state index contributed by atoms with van der Waals surface area (Å²) in [6, 6.07) is 15.3. The molecular weight excluding hydrogens is 396 g/mol. The number of aromatic hydroxyl groups is 1. The summed E-state index contributed by atoms with van der Waals surface area (Å²) >= 11 is 3.46. The molecule has 1 aromatic heterocycles. The lowest BCUT2D eigenvalue weighted by atomic mass is 10.2. The number of hydrogen-bond donors (Lipinski definition) is 1. The second-order valence-corrected chi connectivity index (χ2v) is 7.19. The van der Waals surface area contributed by atoms with Gasteiger partial charge in [-0.05, 0) is 24.3 Å². The van der Waals surface area contributed by atoms with Gasteiger partial charge in [-0.25, -0.2) is 0 Å². The Hall–Kier alpha value is -2.38. The SMILES string of the molecule is Oc1ccccc1N1CCN(Cc2nc(-c3cccc(Br)c3)no2)CC1. The summed E-state index contributed by atoms with van der Waals surface area (Å²) in [4.78, 5) is 9.00. The largest absolute Gasteiger partial charge is 0.506 e. The third kappa shape index (κ3) is 3.73. The molecule has 3 aromatic rings. The fourth-order valence-electron chi connectivity index (χ4n) is 3.13. The van der Waals surface area contributed by atoms with Crippen LogP contribution in [0.1, 0.15) is 5.89 Å². The fourth-order valence-corrected chi connectivity index (χ4v) is 3.53. The van der Waals surface area contributed by atoms with E-state index in [1.165, 1.54) is 0 Å². The molecular formula is C19H19BrN4O2. The third-order valence-corrected chi connectivity index (χ3v) is 5.00. The molecule has 1 aliphatic heterocycles. The molecule has 2 heterocycles. The number of phenols is 1. The van der Waals surface area contributed by atoms with Gasteiger partial charge in [-0.2, -0.15) is 4.98 Å². The maximum atomic E-state index is 10.0. The summed E-state index contributed by atoms with van der Waals surface area (Å²) in [7, 11) is 0. The first-order valence-electron chi connectivity index (χ1n) is 8.53. The van der Waals surface area contributed by atoms with Crippen LogP contribution < -0.4 is 4.90 Å². The van der Waals surface area contributed by atoms with Crippen LogP contribution in [-0.4, -0.2) is 46.3 Å². The van der Waals surface area contributed by atoms with Crippen LogP contribution in [0.4, 0.5) is 5.69 Å². The topological polar surface area (TPSA) is 65.6 Å². The van der Waals surface area contributed by atoms with Crippen LogP contribution in [0, 0.1) is 0 Å². The van der Waals surface area contributed by atoms with Crippen molar-refractivity contribution in [3.8, 4) is 17.1 Å². The van der Waals surface area contributed by atoms with Gasteiger partial charge in [0, 0.05) is 36.2 Å². The van der Waals surface area contributed by atoms with Crippen LogP contribution in [0.15, 0.2) is 57.5 Å². The van der Waals surface area contributed by atoms with Crippen LogP contribution in [0.2, 0.25) is 0 Å². The molecule has 26 heavy (non-hydrogen) atoms. The molecule has 0 bridgehead atoms. The van der Waals surface area contributed by atoms with E-state index in [0.29, 0.717) is 24.0 Å². The van der Waals surface area contributed by atoms with E-state index < -0.39 is 0 Å². The second-order valence-electron chi connectivity index (χ2n) is 6.27. The number of nitrogens with zero attached hydrogens (tertiary/aromatic N) is 4. The zero-order chi connectivity index (χ0) is 17.9. The molecule has 0 atom stereocenters. The van der Waals surface area contributed by atoms with Crippen molar-refractivity contribution < 1.29 is 9.63 Å². The van der Waals surface area contributed by atoms with Crippen LogP contribution >= 0.6 is 15.9 Å². The lowest BCUT2D eigenvalue weighted by molar-refractivity contribution is 0.215. The van der Waals surface area contributed by atoms with E-state index in [1.807, 2.05) is 42.5 Å². The smallest absolute Gasteiger partial charge is 0.241 e. The molecule has 0 aliphatic carbocycles. The quantitative estimate of drug-likeness (QED) is 0.704. The highest BCUT2D eigenvalue weighted by atomic mass is 79.9. The molecule has 0 unspecified atom stereocenters. The van der Waals surface area contributed by atoms with Crippen LogP contribution in [-0.2, 0) is 6.54 Å². The minimum atomic E-state index is 0.330. The van der Waals surface area contributed by atoms with Gasteiger partial charge in [0.25, 0.3) is 0 Å². The number of aromatic nitrogens is 2. The van der Waals surface area contributed by atoms with E-state index >= 15 is 0 Å².